The molecule has 2 aromatic carbocycles. The molecule has 0 saturated heterocycles. The Hall–Kier alpha value is -4.00. The van der Waals surface area contributed by atoms with Crippen LogP contribution in [-0.4, -0.2) is 25.6 Å². The van der Waals surface area contributed by atoms with Crippen LogP contribution < -0.4 is 10.7 Å². The first-order valence-corrected chi connectivity index (χ1v) is 11.0. The molecule has 0 amide bonds. The monoisotopic (exact) mass is 440 g/mol. The third-order valence-corrected chi connectivity index (χ3v) is 6.04. The van der Waals surface area contributed by atoms with E-state index in [0.29, 0.717) is 23.3 Å². The summed E-state index contributed by atoms with van der Waals surface area (Å²) in [5.74, 6) is -0.730. The molecule has 5 rings (SSSR count). The zero-order valence-corrected chi connectivity index (χ0v) is 18.5. The highest BCUT2D eigenvalue weighted by molar-refractivity contribution is 5.93. The average molecular weight is 441 g/mol. The number of carboxylic acids is 1. The molecule has 7 nitrogen and oxygen atoms in total. The zero-order valence-electron chi connectivity index (χ0n) is 18.5. The first kappa shape index (κ1) is 20.9. The Morgan fingerprint density at radius 2 is 1.97 bits per heavy atom. The molecule has 166 valence electrons. The van der Waals surface area contributed by atoms with Gasteiger partial charge in [-0.05, 0) is 62.1 Å². The molecular formula is C26H24N4O3. The molecule has 7 heteroatoms. The molecule has 1 aliphatic rings. The van der Waals surface area contributed by atoms with Crippen molar-refractivity contribution in [2.75, 3.05) is 5.32 Å². The fraction of sp³-hybridized carbons (Fsp3) is 0.231. The second kappa shape index (κ2) is 8.16. The fourth-order valence-electron chi connectivity index (χ4n) is 4.16. The number of carboxylic acid groups (broad SMARTS) is 1. The van der Waals surface area contributed by atoms with Crippen molar-refractivity contribution < 1.29 is 9.90 Å². The molecule has 33 heavy (non-hydrogen) atoms. The van der Waals surface area contributed by atoms with E-state index in [0.717, 1.165) is 24.2 Å². The summed E-state index contributed by atoms with van der Waals surface area (Å²) in [6, 6.07) is 13.8. The topological polar surface area (TPSA) is 97.1 Å². The number of carbonyl (C=O) groups is 1. The largest absolute Gasteiger partial charge is 0.477 e. The third kappa shape index (κ3) is 4.22. The van der Waals surface area contributed by atoms with Crippen LogP contribution in [0.25, 0.3) is 10.9 Å². The molecule has 0 atom stereocenters. The van der Waals surface area contributed by atoms with E-state index >= 15 is 0 Å². The van der Waals surface area contributed by atoms with Crippen LogP contribution in [-0.2, 0) is 6.42 Å². The second-order valence-corrected chi connectivity index (χ2v) is 8.65. The van der Waals surface area contributed by atoms with Crippen molar-refractivity contribution >= 4 is 28.5 Å². The number of aromatic nitrogens is 3. The Balaban J connectivity index is 1.46. The number of aryl methyl sites for hydroxylation is 2. The minimum atomic E-state index is -1.20. The molecule has 2 aromatic heterocycles. The van der Waals surface area contributed by atoms with Gasteiger partial charge in [0.15, 0.2) is 0 Å². The Kier molecular flexibility index (Phi) is 5.17. The minimum absolute atomic E-state index is 0.197. The van der Waals surface area contributed by atoms with E-state index in [4.69, 9.17) is 0 Å². The number of aromatic carboxylic acids is 1. The lowest BCUT2D eigenvalue weighted by Gasteiger charge is -2.13. The van der Waals surface area contributed by atoms with Crippen LogP contribution in [0.5, 0.6) is 0 Å². The molecule has 0 aliphatic heterocycles. The highest BCUT2D eigenvalue weighted by Crippen LogP contribution is 2.37. The van der Waals surface area contributed by atoms with Crippen LogP contribution in [0.15, 0.2) is 59.7 Å². The summed E-state index contributed by atoms with van der Waals surface area (Å²) in [7, 11) is 0. The third-order valence-electron chi connectivity index (χ3n) is 6.04. The SMILES string of the molecule is Cc1ccc(Cc2ccnc(Nc3ccc4c(=O)c(C(=O)O)cn(C5CC5)c4c3)n2)c(C)c1. The maximum absolute atomic E-state index is 12.7. The summed E-state index contributed by atoms with van der Waals surface area (Å²) in [4.78, 5) is 33.2. The Morgan fingerprint density at radius 1 is 1.15 bits per heavy atom. The molecule has 0 bridgehead atoms. The Labute approximate surface area is 190 Å². The lowest BCUT2D eigenvalue weighted by atomic mass is 10.0. The minimum Gasteiger partial charge on any atom is -0.477 e. The number of anilines is 2. The number of rotatable bonds is 6. The summed E-state index contributed by atoms with van der Waals surface area (Å²) in [6.07, 6.45) is 5.85. The van der Waals surface area contributed by atoms with Gasteiger partial charge in [-0.1, -0.05) is 23.8 Å². The van der Waals surface area contributed by atoms with Crippen LogP contribution in [0.4, 0.5) is 11.6 Å². The molecule has 1 aliphatic carbocycles. The van der Waals surface area contributed by atoms with E-state index in [1.54, 1.807) is 18.3 Å². The Morgan fingerprint density at radius 3 is 2.70 bits per heavy atom. The first-order chi connectivity index (χ1) is 15.9. The lowest BCUT2D eigenvalue weighted by molar-refractivity contribution is 0.0695. The van der Waals surface area contributed by atoms with E-state index in [9.17, 15) is 14.7 Å². The maximum atomic E-state index is 12.7. The predicted molar refractivity (Wildman–Crippen MR) is 127 cm³/mol. The van der Waals surface area contributed by atoms with Gasteiger partial charge in [0.1, 0.15) is 5.56 Å². The maximum Gasteiger partial charge on any atom is 0.341 e. The van der Waals surface area contributed by atoms with Crippen LogP contribution in [0.3, 0.4) is 0 Å². The van der Waals surface area contributed by atoms with Crippen LogP contribution in [0.1, 0.15) is 51.6 Å². The van der Waals surface area contributed by atoms with Crippen molar-refractivity contribution in [2.45, 2.75) is 39.2 Å². The van der Waals surface area contributed by atoms with E-state index in [1.165, 1.54) is 22.9 Å². The summed E-state index contributed by atoms with van der Waals surface area (Å²) < 4.78 is 1.91. The molecule has 0 radical (unpaired) electrons. The van der Waals surface area contributed by atoms with Gasteiger partial charge in [-0.25, -0.2) is 14.8 Å². The van der Waals surface area contributed by atoms with E-state index in [1.807, 2.05) is 16.7 Å². The summed E-state index contributed by atoms with van der Waals surface area (Å²) in [6.45, 7) is 4.19. The summed E-state index contributed by atoms with van der Waals surface area (Å²) >= 11 is 0. The number of nitrogens with zero attached hydrogens (tertiary/aromatic N) is 3. The van der Waals surface area contributed by atoms with Crippen LogP contribution >= 0.6 is 0 Å². The predicted octanol–water partition coefficient (Wildman–Crippen LogP) is 4.78. The van der Waals surface area contributed by atoms with Gasteiger partial charge in [-0.3, -0.25) is 4.79 Å². The number of hydrogen-bond donors (Lipinski definition) is 2. The summed E-state index contributed by atoms with van der Waals surface area (Å²) in [5, 5.41) is 13.1. The van der Waals surface area contributed by atoms with Crippen molar-refractivity contribution in [3.8, 4) is 0 Å². The van der Waals surface area contributed by atoms with Crippen molar-refractivity contribution in [1.29, 1.82) is 0 Å². The van der Waals surface area contributed by atoms with Gasteiger partial charge >= 0.3 is 5.97 Å². The smallest absolute Gasteiger partial charge is 0.341 e. The van der Waals surface area contributed by atoms with E-state index in [2.05, 4.69) is 47.3 Å². The molecule has 2 N–H and O–H groups in total. The quantitative estimate of drug-likeness (QED) is 0.448. The normalized spacial score (nSPS) is 13.3. The number of nitrogens with one attached hydrogen (secondary N) is 1. The molecule has 2 heterocycles. The fourth-order valence-corrected chi connectivity index (χ4v) is 4.16. The van der Waals surface area contributed by atoms with E-state index in [-0.39, 0.29) is 11.6 Å². The van der Waals surface area contributed by atoms with Gasteiger partial charge in [0.05, 0.1) is 11.2 Å². The van der Waals surface area contributed by atoms with Gasteiger partial charge in [0.25, 0.3) is 0 Å². The first-order valence-electron chi connectivity index (χ1n) is 11.0. The van der Waals surface area contributed by atoms with Crippen molar-refractivity contribution in [1.82, 2.24) is 14.5 Å². The average Bonchev–Trinajstić information content (AvgIpc) is 3.61. The second-order valence-electron chi connectivity index (χ2n) is 8.65. The standard InChI is InChI=1S/C26H24N4O3/c1-15-3-4-17(16(2)11-15)12-19-9-10-27-26(29-19)28-18-5-8-21-23(13-18)30(20-6-7-20)14-22(24(21)31)25(32)33/h3-5,8-11,13-14,20H,6-7,12H2,1-2H3,(H,32,33)(H,27,28,29). The van der Waals surface area contributed by atoms with E-state index < -0.39 is 11.4 Å². The number of benzene rings is 2. The van der Waals surface area contributed by atoms with Crippen molar-refractivity contribution in [3.05, 3.63) is 93.0 Å². The number of hydrogen-bond acceptors (Lipinski definition) is 5. The highest BCUT2D eigenvalue weighted by Gasteiger charge is 2.26. The van der Waals surface area contributed by atoms with Gasteiger partial charge in [0, 0.05) is 35.9 Å². The number of fused-ring (bicyclic) bond motifs is 1. The molecule has 0 spiro atoms. The molecular weight excluding hydrogens is 416 g/mol. The van der Waals surface area contributed by atoms with Crippen LogP contribution in [0.2, 0.25) is 0 Å². The molecule has 4 aromatic rings. The molecule has 1 saturated carbocycles. The Bertz CT molecular complexity index is 1450. The summed E-state index contributed by atoms with van der Waals surface area (Å²) in [5.41, 5.74) is 5.38. The van der Waals surface area contributed by atoms with Crippen LogP contribution in [0, 0.1) is 13.8 Å². The zero-order chi connectivity index (χ0) is 23.1. The lowest BCUT2D eigenvalue weighted by Crippen LogP contribution is -2.18. The highest BCUT2D eigenvalue weighted by atomic mass is 16.4. The molecule has 0 unspecified atom stereocenters. The van der Waals surface area contributed by atoms with Gasteiger partial charge < -0.3 is 15.0 Å². The number of pyridine rings is 1. The van der Waals surface area contributed by atoms with Crippen molar-refractivity contribution in [3.63, 3.8) is 0 Å². The van der Waals surface area contributed by atoms with Gasteiger partial charge in [-0.15, -0.1) is 0 Å². The van der Waals surface area contributed by atoms with Gasteiger partial charge in [0.2, 0.25) is 11.4 Å². The van der Waals surface area contributed by atoms with Gasteiger partial charge in [-0.2, -0.15) is 0 Å². The molecule has 1 fully saturated rings. The van der Waals surface area contributed by atoms with Crippen molar-refractivity contribution in [2.24, 2.45) is 0 Å².